The molecule has 0 unspecified atom stereocenters. The summed E-state index contributed by atoms with van der Waals surface area (Å²) < 4.78 is 1.35. The summed E-state index contributed by atoms with van der Waals surface area (Å²) >= 11 is 0. The van der Waals surface area contributed by atoms with Crippen LogP contribution >= 0.6 is 0 Å². The zero-order chi connectivity index (χ0) is 14.5. The lowest BCUT2D eigenvalue weighted by Crippen LogP contribution is -2.36. The van der Waals surface area contributed by atoms with Crippen molar-refractivity contribution in [2.75, 3.05) is 19.7 Å². The molecule has 0 aliphatic rings. The molecule has 6 heteroatoms. The average Bonchev–Trinajstić information content (AvgIpc) is 2.48. The van der Waals surface area contributed by atoms with Crippen LogP contribution in [0.5, 0.6) is 0 Å². The molecular weight excluding hydrogens is 258 g/mol. The lowest BCUT2D eigenvalue weighted by atomic mass is 10.2. The van der Waals surface area contributed by atoms with Gasteiger partial charge in [0.25, 0.3) is 11.5 Å². The number of hydrogen-bond acceptors (Lipinski definition) is 4. The van der Waals surface area contributed by atoms with Crippen molar-refractivity contribution in [1.82, 2.24) is 14.3 Å². The monoisotopic (exact) mass is 275 g/mol. The molecule has 2 aromatic rings. The molecule has 0 spiro atoms. The summed E-state index contributed by atoms with van der Waals surface area (Å²) in [6, 6.07) is 5.20. The standard InChI is InChI=1S/C14H17N3O3/c1-2-16(7-5-9-18)13(19)11-10-15-12-6-3-4-8-17(12)14(11)20/h3-4,6,8,10,18H,2,5,7,9H2,1H3. The van der Waals surface area contributed by atoms with Crippen molar-refractivity contribution < 1.29 is 9.90 Å². The zero-order valence-electron chi connectivity index (χ0n) is 11.3. The highest BCUT2D eigenvalue weighted by Crippen LogP contribution is 2.02. The summed E-state index contributed by atoms with van der Waals surface area (Å²) in [7, 11) is 0. The molecule has 2 heterocycles. The fourth-order valence-electron chi connectivity index (χ4n) is 2.01. The molecule has 0 saturated carbocycles. The Bertz CT molecular complexity index is 666. The molecule has 20 heavy (non-hydrogen) atoms. The van der Waals surface area contributed by atoms with E-state index in [-0.39, 0.29) is 23.6 Å². The third-order valence-corrected chi connectivity index (χ3v) is 3.10. The summed E-state index contributed by atoms with van der Waals surface area (Å²) in [6.07, 6.45) is 3.40. The van der Waals surface area contributed by atoms with E-state index in [0.29, 0.717) is 25.2 Å². The van der Waals surface area contributed by atoms with Crippen LogP contribution in [0.2, 0.25) is 0 Å². The van der Waals surface area contributed by atoms with Crippen LogP contribution in [0.25, 0.3) is 5.65 Å². The number of pyridine rings is 1. The Morgan fingerprint density at radius 2 is 2.25 bits per heavy atom. The van der Waals surface area contributed by atoms with Crippen LogP contribution in [0.1, 0.15) is 23.7 Å². The van der Waals surface area contributed by atoms with Crippen molar-refractivity contribution in [3.05, 3.63) is 46.5 Å². The second kappa shape index (κ2) is 6.29. The minimum atomic E-state index is -0.372. The minimum Gasteiger partial charge on any atom is -0.396 e. The second-order valence-corrected chi connectivity index (χ2v) is 4.37. The topological polar surface area (TPSA) is 74.9 Å². The number of hydrogen-bond donors (Lipinski definition) is 1. The number of nitrogens with zero attached hydrogens (tertiary/aromatic N) is 3. The molecule has 0 saturated heterocycles. The number of carbonyl (C=O) groups is 1. The maximum Gasteiger partial charge on any atom is 0.270 e. The van der Waals surface area contributed by atoms with E-state index in [1.54, 1.807) is 24.4 Å². The van der Waals surface area contributed by atoms with Crippen LogP contribution in [0.15, 0.2) is 35.4 Å². The zero-order valence-corrected chi connectivity index (χ0v) is 11.3. The van der Waals surface area contributed by atoms with E-state index in [4.69, 9.17) is 5.11 Å². The summed E-state index contributed by atoms with van der Waals surface area (Å²) in [5.74, 6) is -0.350. The molecule has 106 valence electrons. The summed E-state index contributed by atoms with van der Waals surface area (Å²) in [4.78, 5) is 30.3. The fraction of sp³-hybridized carbons (Fsp3) is 0.357. The van der Waals surface area contributed by atoms with Crippen LogP contribution in [0, 0.1) is 0 Å². The van der Waals surface area contributed by atoms with Crippen molar-refractivity contribution in [3.8, 4) is 0 Å². The smallest absolute Gasteiger partial charge is 0.270 e. The van der Waals surface area contributed by atoms with Gasteiger partial charge in [-0.25, -0.2) is 4.98 Å². The van der Waals surface area contributed by atoms with Crippen LogP contribution in [0.4, 0.5) is 0 Å². The van der Waals surface area contributed by atoms with Gasteiger partial charge in [-0.3, -0.25) is 14.0 Å². The van der Waals surface area contributed by atoms with E-state index in [9.17, 15) is 9.59 Å². The van der Waals surface area contributed by atoms with E-state index in [0.717, 1.165) is 0 Å². The highest BCUT2D eigenvalue weighted by molar-refractivity contribution is 5.93. The van der Waals surface area contributed by atoms with Crippen LogP contribution < -0.4 is 5.56 Å². The van der Waals surface area contributed by atoms with Gasteiger partial charge in [-0.2, -0.15) is 0 Å². The molecule has 0 atom stereocenters. The molecule has 1 amide bonds. The van der Waals surface area contributed by atoms with E-state index >= 15 is 0 Å². The van der Waals surface area contributed by atoms with Gasteiger partial charge in [0.05, 0.1) is 0 Å². The Morgan fingerprint density at radius 1 is 1.45 bits per heavy atom. The molecule has 0 aliphatic carbocycles. The Kier molecular flexibility index (Phi) is 4.47. The maximum atomic E-state index is 12.3. The Labute approximate surface area is 116 Å². The molecule has 0 bridgehead atoms. The molecule has 2 aromatic heterocycles. The molecule has 1 N–H and O–H groups in total. The third kappa shape index (κ3) is 2.70. The van der Waals surface area contributed by atoms with E-state index in [1.807, 2.05) is 6.92 Å². The third-order valence-electron chi connectivity index (χ3n) is 3.10. The second-order valence-electron chi connectivity index (χ2n) is 4.37. The van der Waals surface area contributed by atoms with Crippen molar-refractivity contribution in [3.63, 3.8) is 0 Å². The fourth-order valence-corrected chi connectivity index (χ4v) is 2.01. The predicted octanol–water partition coefficient (Wildman–Crippen LogP) is 0.539. The molecule has 6 nitrogen and oxygen atoms in total. The Morgan fingerprint density at radius 3 is 2.95 bits per heavy atom. The van der Waals surface area contributed by atoms with Gasteiger partial charge in [0.15, 0.2) is 0 Å². The van der Waals surface area contributed by atoms with Crippen molar-refractivity contribution in [1.29, 1.82) is 0 Å². The molecule has 0 aromatic carbocycles. The average molecular weight is 275 g/mol. The van der Waals surface area contributed by atoms with Gasteiger partial charge in [0.1, 0.15) is 11.2 Å². The largest absolute Gasteiger partial charge is 0.396 e. The highest BCUT2D eigenvalue weighted by atomic mass is 16.3. The summed E-state index contributed by atoms with van der Waals surface area (Å²) in [5.41, 5.74) is 0.184. The minimum absolute atomic E-state index is 0.0126. The number of carbonyl (C=O) groups excluding carboxylic acids is 1. The van der Waals surface area contributed by atoms with E-state index in [2.05, 4.69) is 4.98 Å². The van der Waals surface area contributed by atoms with Gasteiger partial charge < -0.3 is 10.0 Å². The quantitative estimate of drug-likeness (QED) is 0.864. The maximum absolute atomic E-state index is 12.3. The van der Waals surface area contributed by atoms with Crippen LogP contribution in [-0.2, 0) is 0 Å². The molecule has 0 aliphatic heterocycles. The van der Waals surface area contributed by atoms with Gasteiger partial charge in [-0.05, 0) is 25.5 Å². The first kappa shape index (κ1) is 14.2. The lowest BCUT2D eigenvalue weighted by molar-refractivity contribution is 0.0752. The van der Waals surface area contributed by atoms with Gasteiger partial charge in [0, 0.05) is 32.1 Å². The predicted molar refractivity (Wildman–Crippen MR) is 74.7 cm³/mol. The molecular formula is C14H17N3O3. The number of amides is 1. The van der Waals surface area contributed by atoms with E-state index < -0.39 is 0 Å². The first-order valence-corrected chi connectivity index (χ1v) is 6.55. The number of aliphatic hydroxyl groups excluding tert-OH is 1. The Hall–Kier alpha value is -2.21. The number of fused-ring (bicyclic) bond motifs is 1. The number of aromatic nitrogens is 2. The van der Waals surface area contributed by atoms with Crippen LogP contribution in [0.3, 0.4) is 0 Å². The number of rotatable bonds is 5. The number of aliphatic hydroxyl groups is 1. The SMILES string of the molecule is CCN(CCCO)C(=O)c1cnc2ccccn2c1=O. The first-order chi connectivity index (χ1) is 9.69. The van der Waals surface area contributed by atoms with Crippen LogP contribution in [-0.4, -0.2) is 45.0 Å². The first-order valence-electron chi connectivity index (χ1n) is 6.55. The summed E-state index contributed by atoms with van der Waals surface area (Å²) in [5, 5.41) is 8.84. The van der Waals surface area contributed by atoms with E-state index in [1.165, 1.54) is 15.5 Å². The van der Waals surface area contributed by atoms with Crippen molar-refractivity contribution in [2.24, 2.45) is 0 Å². The van der Waals surface area contributed by atoms with Crippen molar-refractivity contribution >= 4 is 11.6 Å². The molecule has 0 fully saturated rings. The van der Waals surface area contributed by atoms with Gasteiger partial charge in [-0.1, -0.05) is 6.07 Å². The molecule has 0 radical (unpaired) electrons. The summed E-state index contributed by atoms with van der Waals surface area (Å²) in [6.45, 7) is 2.75. The lowest BCUT2D eigenvalue weighted by Gasteiger charge is -2.20. The highest BCUT2D eigenvalue weighted by Gasteiger charge is 2.18. The van der Waals surface area contributed by atoms with Gasteiger partial charge >= 0.3 is 0 Å². The van der Waals surface area contributed by atoms with Crippen molar-refractivity contribution in [2.45, 2.75) is 13.3 Å². The normalized spacial score (nSPS) is 10.7. The Balaban J connectivity index is 2.39. The van der Waals surface area contributed by atoms with Gasteiger partial charge in [0.2, 0.25) is 0 Å². The van der Waals surface area contributed by atoms with Gasteiger partial charge in [-0.15, -0.1) is 0 Å². The molecule has 2 rings (SSSR count).